The van der Waals surface area contributed by atoms with Gasteiger partial charge < -0.3 is 0 Å². The van der Waals surface area contributed by atoms with E-state index in [9.17, 15) is 9.59 Å². The molecule has 68 valence electrons. The normalized spacial score (nSPS) is 9.77. The lowest BCUT2D eigenvalue weighted by molar-refractivity contribution is 0.106. The second-order valence-corrected chi connectivity index (χ2v) is 3.20. The molecule has 0 aliphatic heterocycles. The summed E-state index contributed by atoms with van der Waals surface area (Å²) in [5.74, 6) is 0. The lowest BCUT2D eigenvalue weighted by Gasteiger charge is -1.98. The van der Waals surface area contributed by atoms with Gasteiger partial charge in [0.1, 0.15) is 5.69 Å². The van der Waals surface area contributed by atoms with Crippen LogP contribution < -0.4 is 0 Å². The van der Waals surface area contributed by atoms with Crippen molar-refractivity contribution >= 4 is 45.3 Å². The average molecular weight is 238 g/mol. The molecule has 0 saturated carbocycles. The number of pyridine rings is 1. The summed E-state index contributed by atoms with van der Waals surface area (Å²) in [6, 6.07) is 1.24. The summed E-state index contributed by atoms with van der Waals surface area (Å²) in [5, 5.41) is -1.46. The van der Waals surface area contributed by atoms with Crippen molar-refractivity contribution in [2.45, 2.75) is 0 Å². The number of halogens is 3. The summed E-state index contributed by atoms with van der Waals surface area (Å²) in [7, 11) is 0. The van der Waals surface area contributed by atoms with Gasteiger partial charge in [0, 0.05) is 6.20 Å². The highest BCUT2D eigenvalue weighted by Gasteiger charge is 2.11. The fraction of sp³-hybridized carbons (Fsp3) is 0. The summed E-state index contributed by atoms with van der Waals surface area (Å²) in [5.41, 5.74) is 0.0262. The number of aromatic nitrogens is 1. The molecule has 0 fully saturated rings. The van der Waals surface area contributed by atoms with Gasteiger partial charge in [-0.1, -0.05) is 11.6 Å². The molecule has 6 heteroatoms. The van der Waals surface area contributed by atoms with E-state index < -0.39 is 10.5 Å². The fourth-order valence-electron chi connectivity index (χ4n) is 0.690. The molecule has 0 bridgehead atoms. The molecule has 1 aromatic rings. The summed E-state index contributed by atoms with van der Waals surface area (Å²) in [4.78, 5) is 24.9. The van der Waals surface area contributed by atoms with E-state index in [1.165, 1.54) is 6.07 Å². The second kappa shape index (κ2) is 4.05. The smallest absolute Gasteiger partial charge is 0.272 e. The number of carbonyl (C=O) groups is 2. The third-order valence-corrected chi connectivity index (χ3v) is 1.94. The number of hydrogen-bond donors (Lipinski definition) is 0. The van der Waals surface area contributed by atoms with Crippen molar-refractivity contribution in [3.8, 4) is 0 Å². The van der Waals surface area contributed by atoms with E-state index >= 15 is 0 Å². The van der Waals surface area contributed by atoms with Gasteiger partial charge in [-0.05, 0) is 29.3 Å². The molecule has 0 N–H and O–H groups in total. The molecule has 0 unspecified atom stereocenters. The molecule has 0 aliphatic carbocycles. The minimum atomic E-state index is -0.779. The van der Waals surface area contributed by atoms with Crippen LogP contribution in [0.4, 0.5) is 0 Å². The zero-order valence-corrected chi connectivity index (χ0v) is 8.32. The Bertz CT molecular complexity index is 378. The van der Waals surface area contributed by atoms with E-state index in [1.807, 2.05) is 0 Å². The molecule has 1 heterocycles. The molecular formula is C7H2Cl3NO2. The molecule has 0 saturated heterocycles. The van der Waals surface area contributed by atoms with Gasteiger partial charge in [-0.15, -0.1) is 0 Å². The summed E-state index contributed by atoms with van der Waals surface area (Å²) in [6.45, 7) is 0. The molecular weight excluding hydrogens is 236 g/mol. The molecule has 3 nitrogen and oxygen atoms in total. The quantitative estimate of drug-likeness (QED) is 0.744. The fourth-order valence-corrected chi connectivity index (χ4v) is 1.24. The van der Waals surface area contributed by atoms with E-state index in [0.717, 1.165) is 6.20 Å². The van der Waals surface area contributed by atoms with Gasteiger partial charge in [0.25, 0.3) is 10.5 Å². The topological polar surface area (TPSA) is 47.0 Å². The third kappa shape index (κ3) is 2.40. The highest BCUT2D eigenvalue weighted by molar-refractivity contribution is 6.69. The zero-order chi connectivity index (χ0) is 10.0. The van der Waals surface area contributed by atoms with Gasteiger partial charge >= 0.3 is 0 Å². The third-order valence-electron chi connectivity index (χ3n) is 1.25. The first kappa shape index (κ1) is 10.4. The molecule has 0 aromatic carbocycles. The predicted octanol–water partition coefficient (Wildman–Crippen LogP) is 2.49. The van der Waals surface area contributed by atoms with Crippen molar-refractivity contribution < 1.29 is 9.59 Å². The highest BCUT2D eigenvalue weighted by Crippen LogP contribution is 2.17. The van der Waals surface area contributed by atoms with Crippen LogP contribution >= 0.6 is 34.8 Å². The maximum atomic E-state index is 10.6. The summed E-state index contributed by atoms with van der Waals surface area (Å²) in [6.07, 6.45) is 1.14. The molecule has 13 heavy (non-hydrogen) atoms. The van der Waals surface area contributed by atoms with Crippen LogP contribution in [0.1, 0.15) is 20.8 Å². The Hall–Kier alpha value is -0.640. The van der Waals surface area contributed by atoms with Crippen molar-refractivity contribution in [3.05, 3.63) is 28.5 Å². The maximum absolute atomic E-state index is 10.6. The van der Waals surface area contributed by atoms with E-state index in [1.54, 1.807) is 0 Å². The van der Waals surface area contributed by atoms with Crippen LogP contribution in [0, 0.1) is 0 Å². The van der Waals surface area contributed by atoms with E-state index in [-0.39, 0.29) is 16.3 Å². The van der Waals surface area contributed by atoms with Crippen LogP contribution in [0.2, 0.25) is 5.02 Å². The Balaban J connectivity index is 3.20. The van der Waals surface area contributed by atoms with Gasteiger partial charge in [-0.25, -0.2) is 4.98 Å². The van der Waals surface area contributed by atoms with Gasteiger partial charge in [0.05, 0.1) is 10.6 Å². The Kier molecular flexibility index (Phi) is 3.25. The Morgan fingerprint density at radius 3 is 2.23 bits per heavy atom. The van der Waals surface area contributed by atoms with Crippen molar-refractivity contribution in [2.24, 2.45) is 0 Å². The number of carbonyl (C=O) groups excluding carboxylic acids is 2. The van der Waals surface area contributed by atoms with Crippen LogP contribution in [0.3, 0.4) is 0 Å². The van der Waals surface area contributed by atoms with Gasteiger partial charge in [0.15, 0.2) is 0 Å². The number of hydrogen-bond acceptors (Lipinski definition) is 3. The molecule has 0 amide bonds. The van der Waals surface area contributed by atoms with Crippen LogP contribution in [-0.4, -0.2) is 15.5 Å². The monoisotopic (exact) mass is 237 g/mol. The van der Waals surface area contributed by atoms with E-state index in [0.29, 0.717) is 0 Å². The van der Waals surface area contributed by atoms with Gasteiger partial charge in [-0.3, -0.25) is 9.59 Å². The molecule has 0 atom stereocenters. The minimum Gasteiger partial charge on any atom is -0.276 e. The lowest BCUT2D eigenvalue weighted by atomic mass is 10.3. The van der Waals surface area contributed by atoms with Crippen molar-refractivity contribution in [3.63, 3.8) is 0 Å². The summed E-state index contributed by atoms with van der Waals surface area (Å²) >= 11 is 15.9. The SMILES string of the molecule is O=C(Cl)c1cnc(C(=O)Cl)c(Cl)c1. The van der Waals surface area contributed by atoms with Crippen molar-refractivity contribution in [1.82, 2.24) is 4.98 Å². The van der Waals surface area contributed by atoms with Crippen LogP contribution in [-0.2, 0) is 0 Å². The summed E-state index contributed by atoms with van der Waals surface area (Å²) < 4.78 is 0. The molecule has 1 aromatic heterocycles. The first-order valence-corrected chi connectivity index (χ1v) is 4.21. The van der Waals surface area contributed by atoms with Crippen LogP contribution in [0.5, 0.6) is 0 Å². The van der Waals surface area contributed by atoms with Crippen molar-refractivity contribution in [1.29, 1.82) is 0 Å². The molecule has 0 spiro atoms. The average Bonchev–Trinajstić information content (AvgIpc) is 2.03. The van der Waals surface area contributed by atoms with Crippen LogP contribution in [0.15, 0.2) is 12.3 Å². The lowest BCUT2D eigenvalue weighted by Crippen LogP contribution is -1.98. The molecule has 0 aliphatic rings. The van der Waals surface area contributed by atoms with E-state index in [2.05, 4.69) is 4.98 Å². The van der Waals surface area contributed by atoms with Gasteiger partial charge in [-0.2, -0.15) is 0 Å². The zero-order valence-electron chi connectivity index (χ0n) is 6.05. The first-order valence-electron chi connectivity index (χ1n) is 3.07. The Morgan fingerprint density at radius 2 is 1.85 bits per heavy atom. The van der Waals surface area contributed by atoms with E-state index in [4.69, 9.17) is 34.8 Å². The minimum absolute atomic E-state index is 0.00602. The van der Waals surface area contributed by atoms with Crippen LogP contribution in [0.25, 0.3) is 0 Å². The molecule has 1 rings (SSSR count). The largest absolute Gasteiger partial charge is 0.276 e. The second-order valence-electron chi connectivity index (χ2n) is 2.10. The first-order chi connectivity index (χ1) is 6.02. The highest BCUT2D eigenvalue weighted by atomic mass is 35.5. The Labute approximate surface area is 88.6 Å². The predicted molar refractivity (Wildman–Crippen MR) is 49.6 cm³/mol. The molecule has 0 radical (unpaired) electrons. The maximum Gasteiger partial charge on any atom is 0.272 e. The van der Waals surface area contributed by atoms with Gasteiger partial charge in [0.2, 0.25) is 0 Å². The number of nitrogens with zero attached hydrogens (tertiary/aromatic N) is 1. The van der Waals surface area contributed by atoms with Crippen molar-refractivity contribution in [2.75, 3.05) is 0 Å². The standard InChI is InChI=1S/C7H2Cl3NO2/c8-4-1-3(6(9)12)2-11-5(4)7(10)13/h1-2H. The number of rotatable bonds is 2. The Morgan fingerprint density at radius 1 is 1.23 bits per heavy atom.